The average molecular weight is 436 g/mol. The maximum atomic E-state index is 14.4. The van der Waals surface area contributed by atoms with Gasteiger partial charge in [0.25, 0.3) is 0 Å². The Kier molecular flexibility index (Phi) is 5.88. The number of aliphatic hydroxyl groups is 3. The van der Waals surface area contributed by atoms with Crippen LogP contribution in [0.2, 0.25) is 5.02 Å². The lowest BCUT2D eigenvalue weighted by atomic mass is 9.78. The molecule has 10 heteroatoms. The summed E-state index contributed by atoms with van der Waals surface area (Å²) in [4.78, 5) is 15.7. The van der Waals surface area contributed by atoms with E-state index in [1.807, 2.05) is 0 Å². The summed E-state index contributed by atoms with van der Waals surface area (Å²) in [7, 11) is 0. The predicted molar refractivity (Wildman–Crippen MR) is 111 cm³/mol. The molecule has 3 atom stereocenters. The molecule has 3 aromatic rings. The Bertz CT molecular complexity index is 1050. The van der Waals surface area contributed by atoms with Crippen LogP contribution < -0.4 is 5.32 Å². The molecule has 0 aromatic carbocycles. The van der Waals surface area contributed by atoms with Gasteiger partial charge in [-0.25, -0.2) is 19.3 Å². The lowest BCUT2D eigenvalue weighted by Gasteiger charge is -2.38. The van der Waals surface area contributed by atoms with Gasteiger partial charge in [-0.15, -0.1) is 0 Å². The first-order valence-electron chi connectivity index (χ1n) is 9.80. The number of H-pyrrole nitrogens is 1. The second-order valence-electron chi connectivity index (χ2n) is 7.84. The van der Waals surface area contributed by atoms with Crippen LogP contribution >= 0.6 is 11.6 Å². The van der Waals surface area contributed by atoms with E-state index >= 15 is 0 Å². The van der Waals surface area contributed by atoms with Gasteiger partial charge >= 0.3 is 0 Å². The second kappa shape index (κ2) is 8.43. The number of nitrogens with one attached hydrogen (secondary N) is 2. The normalized spacial score (nSPS) is 22.9. The molecule has 3 heterocycles. The molecule has 8 nitrogen and oxygen atoms in total. The Morgan fingerprint density at radius 3 is 3.00 bits per heavy atom. The van der Waals surface area contributed by atoms with Crippen molar-refractivity contribution in [3.05, 3.63) is 35.5 Å². The Morgan fingerprint density at radius 1 is 1.37 bits per heavy atom. The number of halogens is 2. The van der Waals surface area contributed by atoms with E-state index < -0.39 is 24.1 Å². The van der Waals surface area contributed by atoms with E-state index in [9.17, 15) is 14.6 Å². The summed E-state index contributed by atoms with van der Waals surface area (Å²) in [5, 5.41) is 33.8. The number of nitrogens with zero attached hydrogens (tertiary/aromatic N) is 3. The van der Waals surface area contributed by atoms with Crippen molar-refractivity contribution in [1.29, 1.82) is 0 Å². The van der Waals surface area contributed by atoms with Crippen molar-refractivity contribution in [2.75, 3.05) is 11.9 Å². The van der Waals surface area contributed by atoms with Gasteiger partial charge in [0, 0.05) is 35.8 Å². The number of rotatable bonds is 6. The molecule has 5 N–H and O–H groups in total. The summed E-state index contributed by atoms with van der Waals surface area (Å²) >= 11 is 6.05. The lowest BCUT2D eigenvalue weighted by Crippen LogP contribution is -2.43. The topological polar surface area (TPSA) is 127 Å². The zero-order chi connectivity index (χ0) is 21.3. The summed E-state index contributed by atoms with van der Waals surface area (Å²) in [6.45, 7) is -0.409. The van der Waals surface area contributed by atoms with Gasteiger partial charge in [-0.2, -0.15) is 0 Å². The largest absolute Gasteiger partial charge is 0.394 e. The fraction of sp³-hybridized carbons (Fsp3) is 0.450. The number of fused-ring (bicyclic) bond motifs is 1. The molecule has 2 unspecified atom stereocenters. The smallest absolute Gasteiger partial charge is 0.183 e. The number of aromatic nitrogens is 4. The van der Waals surface area contributed by atoms with E-state index in [0.717, 1.165) is 18.0 Å². The van der Waals surface area contributed by atoms with Gasteiger partial charge in [0.05, 0.1) is 29.5 Å². The molecule has 1 fully saturated rings. The Labute approximate surface area is 177 Å². The molecule has 1 aliphatic rings. The quantitative estimate of drug-likeness (QED) is 0.402. The number of hydrogen-bond acceptors (Lipinski definition) is 7. The van der Waals surface area contributed by atoms with Crippen molar-refractivity contribution in [3.63, 3.8) is 0 Å². The van der Waals surface area contributed by atoms with E-state index in [-0.39, 0.29) is 18.3 Å². The second-order valence-corrected chi connectivity index (χ2v) is 8.28. The molecule has 0 spiro atoms. The van der Waals surface area contributed by atoms with Crippen LogP contribution in [0, 0.1) is 5.82 Å². The third kappa shape index (κ3) is 4.39. The Hall–Kier alpha value is -2.33. The van der Waals surface area contributed by atoms with Crippen LogP contribution in [0.3, 0.4) is 0 Å². The standard InChI is InChI=1S/C20H23ClFN5O3/c21-11-4-14-15(8-24-17(14)23-7-11)18-25-9-16(22)19(27-18)26-12-2-1-3-20(30,5-12)6-13(29)10-28/h4,7-9,12-13,28-30H,1-3,5-6,10H2,(H,23,24)(H,25,26,27)/t12?,13?,20-/m1/s1. The van der Waals surface area contributed by atoms with Gasteiger partial charge in [0.15, 0.2) is 17.5 Å². The van der Waals surface area contributed by atoms with Crippen LogP contribution in [0.15, 0.2) is 24.7 Å². The van der Waals surface area contributed by atoms with Crippen molar-refractivity contribution in [2.24, 2.45) is 0 Å². The number of aliphatic hydroxyl groups excluding tert-OH is 2. The SMILES string of the molecule is OCC(O)C[C@@]1(O)CCCC(Nc2nc(-c3c[nH]c4ncc(Cl)cc34)ncc2F)C1. The first kappa shape index (κ1) is 20.9. The zero-order valence-electron chi connectivity index (χ0n) is 16.1. The van der Waals surface area contributed by atoms with Crippen LogP contribution in [0.1, 0.15) is 32.1 Å². The summed E-state index contributed by atoms with van der Waals surface area (Å²) < 4.78 is 14.4. The van der Waals surface area contributed by atoms with Gasteiger partial charge < -0.3 is 25.6 Å². The maximum Gasteiger partial charge on any atom is 0.183 e. The van der Waals surface area contributed by atoms with Crippen molar-refractivity contribution < 1.29 is 19.7 Å². The van der Waals surface area contributed by atoms with Crippen LogP contribution in [0.4, 0.5) is 10.2 Å². The van der Waals surface area contributed by atoms with Gasteiger partial charge in [0.2, 0.25) is 0 Å². The molecule has 0 amide bonds. The highest BCUT2D eigenvalue weighted by molar-refractivity contribution is 6.31. The van der Waals surface area contributed by atoms with Crippen molar-refractivity contribution in [2.45, 2.75) is 49.9 Å². The van der Waals surface area contributed by atoms with Crippen LogP contribution in [-0.2, 0) is 0 Å². The summed E-state index contributed by atoms with van der Waals surface area (Å²) in [6, 6.07) is 1.51. The highest BCUT2D eigenvalue weighted by Crippen LogP contribution is 2.34. The summed E-state index contributed by atoms with van der Waals surface area (Å²) in [5.74, 6) is -0.239. The third-order valence-electron chi connectivity index (χ3n) is 5.47. The van der Waals surface area contributed by atoms with E-state index in [1.54, 1.807) is 12.3 Å². The molecule has 3 aromatic heterocycles. The molecular formula is C20H23ClFN5O3. The van der Waals surface area contributed by atoms with Crippen LogP contribution in [0.25, 0.3) is 22.4 Å². The lowest BCUT2D eigenvalue weighted by molar-refractivity contribution is -0.0511. The minimum atomic E-state index is -1.12. The Morgan fingerprint density at radius 2 is 2.20 bits per heavy atom. The first-order chi connectivity index (χ1) is 14.4. The average Bonchev–Trinajstić information content (AvgIpc) is 3.12. The predicted octanol–water partition coefficient (Wildman–Crippen LogP) is 2.64. The molecule has 4 rings (SSSR count). The van der Waals surface area contributed by atoms with Gasteiger partial charge in [-0.1, -0.05) is 11.6 Å². The fourth-order valence-electron chi connectivity index (χ4n) is 4.11. The third-order valence-corrected chi connectivity index (χ3v) is 5.68. The Balaban J connectivity index is 1.57. The van der Waals surface area contributed by atoms with E-state index in [2.05, 4.69) is 25.3 Å². The van der Waals surface area contributed by atoms with Gasteiger partial charge in [-0.3, -0.25) is 0 Å². The minimum absolute atomic E-state index is 0.0429. The van der Waals surface area contributed by atoms with Crippen molar-refractivity contribution >= 4 is 28.5 Å². The molecule has 0 radical (unpaired) electrons. The molecule has 1 saturated carbocycles. The van der Waals surface area contributed by atoms with E-state index in [1.165, 1.54) is 6.20 Å². The monoisotopic (exact) mass is 435 g/mol. The first-order valence-corrected chi connectivity index (χ1v) is 10.2. The molecule has 0 saturated heterocycles. The number of pyridine rings is 1. The molecule has 1 aliphatic carbocycles. The van der Waals surface area contributed by atoms with Crippen molar-refractivity contribution in [1.82, 2.24) is 19.9 Å². The van der Waals surface area contributed by atoms with Gasteiger partial charge in [-0.05, 0) is 31.7 Å². The highest BCUT2D eigenvalue weighted by Gasteiger charge is 2.36. The highest BCUT2D eigenvalue weighted by atomic mass is 35.5. The molecule has 0 aliphatic heterocycles. The number of aromatic amines is 1. The van der Waals surface area contributed by atoms with Gasteiger partial charge in [0.1, 0.15) is 5.65 Å². The van der Waals surface area contributed by atoms with E-state index in [4.69, 9.17) is 16.7 Å². The number of anilines is 1. The van der Waals surface area contributed by atoms with Crippen molar-refractivity contribution in [3.8, 4) is 11.4 Å². The summed E-state index contributed by atoms with van der Waals surface area (Å²) in [6.07, 6.45) is 5.67. The van der Waals surface area contributed by atoms with Crippen LogP contribution in [-0.4, -0.2) is 59.6 Å². The zero-order valence-corrected chi connectivity index (χ0v) is 16.9. The molecular weight excluding hydrogens is 413 g/mol. The number of hydrogen-bond donors (Lipinski definition) is 5. The van der Waals surface area contributed by atoms with E-state index in [0.29, 0.717) is 41.3 Å². The molecule has 30 heavy (non-hydrogen) atoms. The summed E-state index contributed by atoms with van der Waals surface area (Å²) in [5.41, 5.74) is 0.148. The molecule has 160 valence electrons. The minimum Gasteiger partial charge on any atom is -0.394 e. The van der Waals surface area contributed by atoms with Crippen LogP contribution in [0.5, 0.6) is 0 Å². The molecule has 0 bridgehead atoms. The maximum absolute atomic E-state index is 14.4. The fourth-order valence-corrected chi connectivity index (χ4v) is 4.26.